The van der Waals surface area contributed by atoms with E-state index in [1.807, 2.05) is 12.1 Å². The fraction of sp³-hybridized carbons (Fsp3) is 0.500. The van der Waals surface area contributed by atoms with Gasteiger partial charge in [-0.15, -0.1) is 0 Å². The lowest BCUT2D eigenvalue weighted by molar-refractivity contribution is 0.305. The van der Waals surface area contributed by atoms with Crippen LogP contribution in [0.1, 0.15) is 12.0 Å². The fourth-order valence-corrected chi connectivity index (χ4v) is 4.09. The number of hydrogen-bond acceptors (Lipinski definition) is 5. The molecule has 0 saturated heterocycles. The summed E-state index contributed by atoms with van der Waals surface area (Å²) in [5, 5.41) is 0. The number of nitrogens with zero attached hydrogens (tertiary/aromatic N) is 1. The van der Waals surface area contributed by atoms with Crippen molar-refractivity contribution in [2.75, 3.05) is 23.4 Å². The van der Waals surface area contributed by atoms with Crippen LogP contribution < -0.4 is 4.31 Å². The van der Waals surface area contributed by atoms with E-state index in [2.05, 4.69) is 0 Å². The minimum Gasteiger partial charge on any atom is -0.270 e. The van der Waals surface area contributed by atoms with E-state index in [0.29, 0.717) is 18.5 Å². The molecule has 0 saturated carbocycles. The van der Waals surface area contributed by atoms with Gasteiger partial charge < -0.3 is 0 Å². The molecule has 0 aromatic heterocycles. The molecule has 8 heteroatoms. The Balaban J connectivity index is 2.19. The molecule has 0 aliphatic carbocycles. The van der Waals surface area contributed by atoms with Gasteiger partial charge >= 0.3 is 0 Å². The van der Waals surface area contributed by atoms with Gasteiger partial charge in [-0.25, -0.2) is 8.42 Å². The molecule has 1 atom stereocenters. The lowest BCUT2D eigenvalue weighted by Gasteiger charge is -2.24. The van der Waals surface area contributed by atoms with Crippen LogP contribution in [0.2, 0.25) is 0 Å². The Kier molecular flexibility index (Phi) is 4.08. The lowest BCUT2D eigenvalue weighted by Crippen LogP contribution is -2.37. The summed E-state index contributed by atoms with van der Waals surface area (Å²) in [6, 6.07) is 6.98. The maximum atomic E-state index is 11.9. The quantitative estimate of drug-likeness (QED) is 0.748. The highest BCUT2D eigenvalue weighted by atomic mass is 32.2. The minimum absolute atomic E-state index is 0.0243. The van der Waals surface area contributed by atoms with Gasteiger partial charge in [-0.1, -0.05) is 18.2 Å². The molecule has 20 heavy (non-hydrogen) atoms. The third-order valence-electron chi connectivity index (χ3n) is 3.12. The summed E-state index contributed by atoms with van der Waals surface area (Å²) in [5.74, 6) is 0. The summed E-state index contributed by atoms with van der Waals surface area (Å²) >= 11 is 0. The second-order valence-electron chi connectivity index (χ2n) is 4.86. The molecule has 1 aromatic rings. The SMILES string of the molecule is CS(=O)(=O)OCCC1Cc2ccccc2N1S(C)(=O)=O. The molecule has 1 aliphatic rings. The van der Waals surface area contributed by atoms with E-state index in [4.69, 9.17) is 4.18 Å². The average molecular weight is 319 g/mol. The van der Waals surface area contributed by atoms with E-state index in [-0.39, 0.29) is 12.6 Å². The maximum absolute atomic E-state index is 11.9. The van der Waals surface area contributed by atoms with Crippen LogP contribution in [0.25, 0.3) is 0 Å². The molecular formula is C12H17NO5S2. The normalized spacial score (nSPS) is 19.1. The van der Waals surface area contributed by atoms with Gasteiger partial charge in [0.05, 0.1) is 30.8 Å². The Morgan fingerprint density at radius 2 is 1.85 bits per heavy atom. The van der Waals surface area contributed by atoms with Crippen LogP contribution >= 0.6 is 0 Å². The smallest absolute Gasteiger partial charge is 0.264 e. The van der Waals surface area contributed by atoms with Crippen molar-refractivity contribution in [1.82, 2.24) is 0 Å². The lowest BCUT2D eigenvalue weighted by atomic mass is 10.1. The molecule has 0 fully saturated rings. The number of sulfonamides is 1. The van der Waals surface area contributed by atoms with Gasteiger partial charge in [-0.05, 0) is 24.5 Å². The zero-order valence-corrected chi connectivity index (χ0v) is 12.9. The summed E-state index contributed by atoms with van der Waals surface area (Å²) in [6.45, 7) is -0.0243. The third-order valence-corrected chi connectivity index (χ3v) is 4.93. The first-order chi connectivity index (χ1) is 9.18. The number of fused-ring (bicyclic) bond motifs is 1. The maximum Gasteiger partial charge on any atom is 0.264 e. The van der Waals surface area contributed by atoms with Crippen LogP contribution in [0.4, 0.5) is 5.69 Å². The molecule has 0 spiro atoms. The van der Waals surface area contributed by atoms with E-state index < -0.39 is 20.1 Å². The molecule has 0 amide bonds. The molecule has 2 rings (SSSR count). The van der Waals surface area contributed by atoms with E-state index in [1.165, 1.54) is 4.31 Å². The van der Waals surface area contributed by atoms with Crippen LogP contribution in [0.5, 0.6) is 0 Å². The van der Waals surface area contributed by atoms with Crippen LogP contribution in [0.15, 0.2) is 24.3 Å². The second-order valence-corrected chi connectivity index (χ2v) is 8.36. The van der Waals surface area contributed by atoms with Crippen molar-refractivity contribution >= 4 is 25.8 Å². The second kappa shape index (κ2) is 5.34. The minimum atomic E-state index is -3.50. The zero-order chi connectivity index (χ0) is 15.0. The van der Waals surface area contributed by atoms with Crippen molar-refractivity contribution in [2.45, 2.75) is 18.9 Å². The molecule has 1 aromatic carbocycles. The van der Waals surface area contributed by atoms with Crippen molar-refractivity contribution in [3.8, 4) is 0 Å². The van der Waals surface area contributed by atoms with E-state index in [9.17, 15) is 16.8 Å². The largest absolute Gasteiger partial charge is 0.270 e. The van der Waals surface area contributed by atoms with Gasteiger partial charge in [0, 0.05) is 0 Å². The fourth-order valence-electron chi connectivity index (χ4n) is 2.44. The topological polar surface area (TPSA) is 80.8 Å². The standard InChI is InChI=1S/C12H17NO5S2/c1-19(14,15)13-11(7-8-18-20(2,16)17)9-10-5-3-4-6-12(10)13/h3-6,11H,7-9H2,1-2H3. The molecule has 0 radical (unpaired) electrons. The first-order valence-electron chi connectivity index (χ1n) is 6.10. The van der Waals surface area contributed by atoms with Gasteiger partial charge in [0.15, 0.2) is 0 Å². The average Bonchev–Trinajstić information content (AvgIpc) is 2.64. The third kappa shape index (κ3) is 3.50. The van der Waals surface area contributed by atoms with E-state index in [1.54, 1.807) is 12.1 Å². The van der Waals surface area contributed by atoms with Crippen LogP contribution in [-0.4, -0.2) is 42.0 Å². The van der Waals surface area contributed by atoms with Gasteiger partial charge in [-0.3, -0.25) is 8.49 Å². The first-order valence-corrected chi connectivity index (χ1v) is 9.77. The molecule has 6 nitrogen and oxygen atoms in total. The Bertz CT molecular complexity index is 696. The van der Waals surface area contributed by atoms with Crippen LogP contribution in [0, 0.1) is 0 Å². The Labute approximate surface area is 119 Å². The molecule has 1 aliphatic heterocycles. The number of hydrogen-bond donors (Lipinski definition) is 0. The number of para-hydroxylation sites is 1. The van der Waals surface area contributed by atoms with E-state index in [0.717, 1.165) is 18.1 Å². The highest BCUT2D eigenvalue weighted by Gasteiger charge is 2.34. The van der Waals surface area contributed by atoms with Crippen molar-refractivity contribution in [3.05, 3.63) is 29.8 Å². The highest BCUT2D eigenvalue weighted by Crippen LogP contribution is 2.35. The highest BCUT2D eigenvalue weighted by molar-refractivity contribution is 7.92. The summed E-state index contributed by atoms with van der Waals surface area (Å²) in [6.07, 6.45) is 3.02. The monoisotopic (exact) mass is 319 g/mol. The van der Waals surface area contributed by atoms with Gasteiger partial charge in [0.2, 0.25) is 10.0 Å². The zero-order valence-electron chi connectivity index (χ0n) is 11.3. The Morgan fingerprint density at radius 1 is 1.20 bits per heavy atom. The van der Waals surface area contributed by atoms with Gasteiger partial charge in [0.25, 0.3) is 10.1 Å². The molecule has 0 N–H and O–H groups in total. The van der Waals surface area contributed by atoms with Crippen molar-refractivity contribution in [2.24, 2.45) is 0 Å². The molecular weight excluding hydrogens is 302 g/mol. The summed E-state index contributed by atoms with van der Waals surface area (Å²) in [4.78, 5) is 0. The summed E-state index contributed by atoms with van der Waals surface area (Å²) in [7, 11) is -6.91. The van der Waals surface area contributed by atoms with Crippen molar-refractivity contribution in [3.63, 3.8) is 0 Å². The number of rotatable bonds is 5. The van der Waals surface area contributed by atoms with Crippen LogP contribution in [-0.2, 0) is 30.7 Å². The predicted octanol–water partition coefficient (Wildman–Crippen LogP) is 0.744. The molecule has 1 unspecified atom stereocenters. The van der Waals surface area contributed by atoms with Gasteiger partial charge in [0.1, 0.15) is 0 Å². The molecule has 0 bridgehead atoms. The first kappa shape index (κ1) is 15.3. The molecule has 112 valence electrons. The van der Waals surface area contributed by atoms with E-state index >= 15 is 0 Å². The van der Waals surface area contributed by atoms with Crippen LogP contribution in [0.3, 0.4) is 0 Å². The summed E-state index contributed by atoms with van der Waals surface area (Å²) < 4.78 is 51.8. The van der Waals surface area contributed by atoms with Crippen molar-refractivity contribution < 1.29 is 21.0 Å². The summed E-state index contributed by atoms with van der Waals surface area (Å²) in [5.41, 5.74) is 1.61. The number of benzene rings is 1. The Morgan fingerprint density at radius 3 is 2.45 bits per heavy atom. The number of anilines is 1. The molecule has 1 heterocycles. The Hall–Kier alpha value is -1.12. The van der Waals surface area contributed by atoms with Gasteiger partial charge in [-0.2, -0.15) is 8.42 Å². The predicted molar refractivity (Wildman–Crippen MR) is 76.7 cm³/mol. The van der Waals surface area contributed by atoms with Crippen molar-refractivity contribution in [1.29, 1.82) is 0 Å².